The summed E-state index contributed by atoms with van der Waals surface area (Å²) in [7, 11) is -2.61. The Morgan fingerprint density at radius 1 is 0.850 bits per heavy atom. The lowest BCUT2D eigenvalue weighted by atomic mass is 10.1. The van der Waals surface area contributed by atoms with Gasteiger partial charge in [-0.15, -0.1) is 0 Å². The Balaban J connectivity index is 1.40. The summed E-state index contributed by atoms with van der Waals surface area (Å²) in [6.07, 6.45) is 0.545. The molecule has 0 aliphatic carbocycles. The van der Waals surface area contributed by atoms with Gasteiger partial charge in [-0.05, 0) is 47.5 Å². The van der Waals surface area contributed by atoms with Crippen LogP contribution in [0.25, 0.3) is 0 Å². The summed E-state index contributed by atoms with van der Waals surface area (Å²) in [5.41, 5.74) is 3.42. The number of hydrogen-bond donors (Lipinski definition) is 2. The summed E-state index contributed by atoms with van der Waals surface area (Å²) in [5, 5.41) is 5.12. The number of anilines is 3. The van der Waals surface area contributed by atoms with Crippen LogP contribution in [0, 0.1) is 0 Å². The SMILES string of the molecule is COCCN1c2ccccc2C[C@H]1C(=O)NC(=O)[C@@H]1Cc2ccccc2N1S(=O)(=O)c1ccc(NC(C)=O)cc1. The first-order valence-corrected chi connectivity index (χ1v) is 14.3. The number of para-hydroxylation sites is 2. The van der Waals surface area contributed by atoms with E-state index in [0.29, 0.717) is 36.5 Å². The Bertz CT molecular complexity index is 1560. The normalized spacial score (nSPS) is 17.8. The van der Waals surface area contributed by atoms with Crippen molar-refractivity contribution in [1.82, 2.24) is 5.32 Å². The van der Waals surface area contributed by atoms with Crippen LogP contribution in [0.5, 0.6) is 0 Å². The van der Waals surface area contributed by atoms with E-state index in [1.807, 2.05) is 29.2 Å². The topological polar surface area (TPSA) is 125 Å². The summed E-state index contributed by atoms with van der Waals surface area (Å²) in [4.78, 5) is 40.3. The van der Waals surface area contributed by atoms with Crippen molar-refractivity contribution in [3.05, 3.63) is 83.9 Å². The maximum Gasteiger partial charge on any atom is 0.265 e. The molecule has 2 N–H and O–H groups in total. The third-order valence-electron chi connectivity index (χ3n) is 7.14. The molecule has 5 rings (SSSR count). The number of amides is 3. The molecule has 0 unspecified atom stereocenters. The van der Waals surface area contributed by atoms with Crippen LogP contribution in [0.4, 0.5) is 17.1 Å². The molecule has 0 saturated heterocycles. The highest BCUT2D eigenvalue weighted by atomic mass is 32.2. The lowest BCUT2D eigenvalue weighted by Gasteiger charge is -2.28. The van der Waals surface area contributed by atoms with Crippen LogP contribution in [0.15, 0.2) is 77.7 Å². The molecule has 0 aromatic heterocycles. The van der Waals surface area contributed by atoms with E-state index in [4.69, 9.17) is 4.74 Å². The van der Waals surface area contributed by atoms with Gasteiger partial charge in [-0.2, -0.15) is 0 Å². The van der Waals surface area contributed by atoms with Gasteiger partial charge in [0.1, 0.15) is 12.1 Å². The molecule has 0 saturated carbocycles. The number of carbonyl (C=O) groups excluding carboxylic acids is 3. The first kappa shape index (κ1) is 27.4. The Kier molecular flexibility index (Phi) is 7.59. The quantitative estimate of drug-likeness (QED) is 0.404. The second kappa shape index (κ2) is 11.1. The number of nitrogens with one attached hydrogen (secondary N) is 2. The maximum atomic E-state index is 13.9. The molecule has 2 atom stereocenters. The van der Waals surface area contributed by atoms with E-state index < -0.39 is 33.9 Å². The van der Waals surface area contributed by atoms with Crippen LogP contribution in [-0.4, -0.2) is 58.5 Å². The predicted octanol–water partition coefficient (Wildman–Crippen LogP) is 2.49. The minimum absolute atomic E-state index is 0.0422. The third-order valence-corrected chi connectivity index (χ3v) is 8.97. The Labute approximate surface area is 233 Å². The molecule has 0 fully saturated rings. The summed E-state index contributed by atoms with van der Waals surface area (Å²) in [6, 6.07) is 18.5. The number of methoxy groups -OCH3 is 1. The van der Waals surface area contributed by atoms with Gasteiger partial charge in [0, 0.05) is 44.8 Å². The van der Waals surface area contributed by atoms with Crippen molar-refractivity contribution in [2.24, 2.45) is 0 Å². The molecule has 2 aliphatic heterocycles. The number of nitrogens with zero attached hydrogens (tertiary/aromatic N) is 2. The molecule has 2 aliphatic rings. The summed E-state index contributed by atoms with van der Waals surface area (Å²) >= 11 is 0. The van der Waals surface area contributed by atoms with E-state index >= 15 is 0 Å². The van der Waals surface area contributed by atoms with Crippen molar-refractivity contribution in [1.29, 1.82) is 0 Å². The van der Waals surface area contributed by atoms with Gasteiger partial charge < -0.3 is 15.0 Å². The molecule has 2 heterocycles. The maximum absolute atomic E-state index is 13.9. The molecule has 0 radical (unpaired) electrons. The second-order valence-corrected chi connectivity index (χ2v) is 11.6. The van der Waals surface area contributed by atoms with Crippen molar-refractivity contribution >= 4 is 44.8 Å². The number of ether oxygens (including phenoxy) is 1. The standard InChI is InChI=1S/C29H30N4O6S/c1-19(34)30-22-11-13-23(14-12-22)40(37,38)33-25-10-6-4-8-21(25)18-27(33)29(36)31-28(35)26-17-20-7-3-5-9-24(20)32(26)15-16-39-2/h3-14,26-27H,15-18H2,1-2H3,(H,30,34)(H,31,35,36)/t26-,27-/m0/s1. The predicted molar refractivity (Wildman–Crippen MR) is 151 cm³/mol. The van der Waals surface area contributed by atoms with Crippen LogP contribution in [0.1, 0.15) is 18.1 Å². The van der Waals surface area contributed by atoms with E-state index in [0.717, 1.165) is 15.6 Å². The number of hydrogen-bond acceptors (Lipinski definition) is 7. The minimum atomic E-state index is -4.19. The van der Waals surface area contributed by atoms with Gasteiger partial charge in [-0.1, -0.05) is 36.4 Å². The van der Waals surface area contributed by atoms with Gasteiger partial charge >= 0.3 is 0 Å². The molecule has 3 aromatic rings. The molecule has 208 valence electrons. The molecule has 11 heteroatoms. The van der Waals surface area contributed by atoms with E-state index in [-0.39, 0.29) is 17.2 Å². The summed E-state index contributed by atoms with van der Waals surface area (Å²) in [5.74, 6) is -1.47. The van der Waals surface area contributed by atoms with Crippen LogP contribution in [0.2, 0.25) is 0 Å². The van der Waals surface area contributed by atoms with Crippen molar-refractivity contribution in [2.45, 2.75) is 36.7 Å². The van der Waals surface area contributed by atoms with Crippen LogP contribution in [-0.2, 0) is 42.0 Å². The average Bonchev–Trinajstić information content (AvgIpc) is 3.51. The van der Waals surface area contributed by atoms with E-state index in [2.05, 4.69) is 10.6 Å². The van der Waals surface area contributed by atoms with Gasteiger partial charge in [0.25, 0.3) is 15.9 Å². The van der Waals surface area contributed by atoms with Gasteiger partial charge in [0.2, 0.25) is 11.8 Å². The van der Waals surface area contributed by atoms with Crippen LogP contribution < -0.4 is 19.8 Å². The third kappa shape index (κ3) is 5.17. The Morgan fingerprint density at radius 3 is 2.08 bits per heavy atom. The van der Waals surface area contributed by atoms with Crippen LogP contribution in [0.3, 0.4) is 0 Å². The second-order valence-electron chi connectivity index (χ2n) is 9.74. The van der Waals surface area contributed by atoms with E-state index in [1.165, 1.54) is 31.2 Å². The van der Waals surface area contributed by atoms with E-state index in [9.17, 15) is 22.8 Å². The number of fused-ring (bicyclic) bond motifs is 2. The molecule has 3 aromatic carbocycles. The number of imide groups is 1. The van der Waals surface area contributed by atoms with Crippen LogP contribution >= 0.6 is 0 Å². The van der Waals surface area contributed by atoms with Crippen molar-refractivity contribution < 1.29 is 27.5 Å². The molecule has 3 amide bonds. The van der Waals surface area contributed by atoms with Gasteiger partial charge in [0.05, 0.1) is 17.2 Å². The average molecular weight is 563 g/mol. The molecule has 40 heavy (non-hydrogen) atoms. The monoisotopic (exact) mass is 562 g/mol. The number of rotatable bonds is 8. The fraction of sp³-hybridized carbons (Fsp3) is 0.276. The molecule has 0 bridgehead atoms. The molecule has 0 spiro atoms. The van der Waals surface area contributed by atoms with Gasteiger partial charge in [-0.3, -0.25) is 24.0 Å². The summed E-state index contributed by atoms with van der Waals surface area (Å²) < 4.78 is 34.0. The Morgan fingerprint density at radius 2 is 1.43 bits per heavy atom. The number of benzene rings is 3. The first-order valence-electron chi connectivity index (χ1n) is 12.9. The number of carbonyl (C=O) groups is 3. The minimum Gasteiger partial charge on any atom is -0.383 e. The molecular formula is C29H30N4O6S. The van der Waals surface area contributed by atoms with Gasteiger partial charge in [-0.25, -0.2) is 8.42 Å². The van der Waals surface area contributed by atoms with Gasteiger partial charge in [0.15, 0.2) is 0 Å². The zero-order valence-corrected chi connectivity index (χ0v) is 23.0. The summed E-state index contributed by atoms with van der Waals surface area (Å²) in [6.45, 7) is 2.22. The zero-order valence-electron chi connectivity index (χ0n) is 22.2. The lowest BCUT2D eigenvalue weighted by Crippen LogP contribution is -2.54. The fourth-order valence-electron chi connectivity index (χ4n) is 5.32. The zero-order chi connectivity index (χ0) is 28.4. The highest BCUT2D eigenvalue weighted by molar-refractivity contribution is 7.93. The number of sulfonamides is 1. The largest absolute Gasteiger partial charge is 0.383 e. The lowest BCUT2D eigenvalue weighted by molar-refractivity contribution is -0.131. The molecule has 10 nitrogen and oxygen atoms in total. The Hall–Kier alpha value is -4.22. The molecular weight excluding hydrogens is 532 g/mol. The smallest absolute Gasteiger partial charge is 0.265 e. The highest BCUT2D eigenvalue weighted by Gasteiger charge is 2.44. The highest BCUT2D eigenvalue weighted by Crippen LogP contribution is 2.37. The first-order chi connectivity index (χ1) is 19.2. The fourth-order valence-corrected chi connectivity index (χ4v) is 6.97. The van der Waals surface area contributed by atoms with Crippen molar-refractivity contribution in [3.63, 3.8) is 0 Å². The van der Waals surface area contributed by atoms with Crippen molar-refractivity contribution in [2.75, 3.05) is 34.8 Å². The van der Waals surface area contributed by atoms with E-state index in [1.54, 1.807) is 31.4 Å². The van der Waals surface area contributed by atoms with Crippen molar-refractivity contribution in [3.8, 4) is 0 Å².